The van der Waals surface area contributed by atoms with Crippen molar-refractivity contribution < 1.29 is 5.11 Å². The molecule has 0 aliphatic carbocycles. The number of hydrogen-bond acceptors (Lipinski definition) is 5. The Morgan fingerprint density at radius 2 is 1.65 bits per heavy atom. The molecular weight excluding hydrogens is 312 g/mol. The summed E-state index contributed by atoms with van der Waals surface area (Å²) in [5.74, 6) is 0.862. The van der Waals surface area contributed by atoms with Crippen LogP contribution in [-0.2, 0) is 0 Å². The van der Waals surface area contributed by atoms with Crippen molar-refractivity contribution >= 4 is 29.7 Å². The van der Waals surface area contributed by atoms with Gasteiger partial charge in [0.15, 0.2) is 11.6 Å². The first-order chi connectivity index (χ1) is 11.1. The third-order valence-electron chi connectivity index (χ3n) is 3.13. The van der Waals surface area contributed by atoms with Gasteiger partial charge in [-0.1, -0.05) is 41.9 Å². The molecule has 3 N–H and O–H groups in total. The highest BCUT2D eigenvalue weighted by Gasteiger charge is 2.09. The predicted molar refractivity (Wildman–Crippen MR) is 91.7 cm³/mol. The van der Waals surface area contributed by atoms with Crippen molar-refractivity contribution in [1.82, 2.24) is 15.0 Å². The maximum Gasteiger partial charge on any atom is 0.224 e. The number of aromatic hydroxyl groups is 1. The van der Waals surface area contributed by atoms with Gasteiger partial charge in [-0.25, -0.2) is 4.98 Å². The summed E-state index contributed by atoms with van der Waals surface area (Å²) in [6.45, 7) is 0. The molecule has 0 aliphatic rings. The van der Waals surface area contributed by atoms with E-state index in [2.05, 4.69) is 15.0 Å². The molecule has 0 aliphatic heterocycles. The minimum Gasteiger partial charge on any atom is -0.507 e. The van der Waals surface area contributed by atoms with Crippen LogP contribution in [0.2, 0.25) is 5.02 Å². The Kier molecular flexibility index (Phi) is 4.21. The Morgan fingerprint density at radius 3 is 2.43 bits per heavy atom. The SMILES string of the molecule is Nc1nc(/C=C/c2ccccc2Cl)nc(-c2ccccc2O)n1. The van der Waals surface area contributed by atoms with Gasteiger partial charge in [-0.2, -0.15) is 9.97 Å². The summed E-state index contributed by atoms with van der Waals surface area (Å²) in [7, 11) is 0. The van der Waals surface area contributed by atoms with Gasteiger partial charge in [0.1, 0.15) is 5.75 Å². The lowest BCUT2D eigenvalue weighted by molar-refractivity contribution is 0.477. The molecule has 2 aromatic carbocycles. The molecule has 23 heavy (non-hydrogen) atoms. The zero-order valence-electron chi connectivity index (χ0n) is 12.0. The van der Waals surface area contributed by atoms with Gasteiger partial charge in [-0.3, -0.25) is 0 Å². The molecular formula is C17H13ClN4O. The molecule has 0 fully saturated rings. The highest BCUT2D eigenvalue weighted by atomic mass is 35.5. The second-order valence-corrected chi connectivity index (χ2v) is 5.15. The molecule has 0 bridgehead atoms. The third-order valence-corrected chi connectivity index (χ3v) is 3.48. The fourth-order valence-corrected chi connectivity index (χ4v) is 2.24. The molecule has 3 rings (SSSR count). The Labute approximate surface area is 138 Å². The van der Waals surface area contributed by atoms with E-state index in [1.54, 1.807) is 42.5 Å². The van der Waals surface area contributed by atoms with Gasteiger partial charge in [0, 0.05) is 5.02 Å². The first kappa shape index (κ1) is 15.0. The Balaban J connectivity index is 1.99. The van der Waals surface area contributed by atoms with E-state index < -0.39 is 0 Å². The van der Waals surface area contributed by atoms with Crippen LogP contribution in [-0.4, -0.2) is 20.1 Å². The molecule has 0 saturated heterocycles. The number of para-hydroxylation sites is 1. The molecule has 0 unspecified atom stereocenters. The van der Waals surface area contributed by atoms with Crippen LogP contribution in [0, 0.1) is 0 Å². The number of phenolic OH excluding ortho intramolecular Hbond substituents is 1. The Bertz CT molecular complexity index is 880. The summed E-state index contributed by atoms with van der Waals surface area (Å²) < 4.78 is 0. The summed E-state index contributed by atoms with van der Waals surface area (Å²) in [4.78, 5) is 12.5. The van der Waals surface area contributed by atoms with E-state index in [0.29, 0.717) is 22.2 Å². The standard InChI is InChI=1S/C17H13ClN4O/c18-13-7-3-1-5-11(13)9-10-15-20-16(22-17(19)21-15)12-6-2-4-8-14(12)23/h1-10,23H,(H2,19,20,21,22)/b10-9+. The number of nitrogen functional groups attached to an aromatic ring is 1. The summed E-state index contributed by atoms with van der Waals surface area (Å²) in [5, 5.41) is 10.5. The minimum absolute atomic E-state index is 0.0806. The van der Waals surface area contributed by atoms with Crippen molar-refractivity contribution in [3.63, 3.8) is 0 Å². The number of nitrogens with zero attached hydrogens (tertiary/aromatic N) is 3. The van der Waals surface area contributed by atoms with E-state index in [1.165, 1.54) is 0 Å². The third kappa shape index (κ3) is 3.46. The van der Waals surface area contributed by atoms with Crippen molar-refractivity contribution in [3.8, 4) is 17.1 Å². The van der Waals surface area contributed by atoms with Gasteiger partial charge in [-0.15, -0.1) is 0 Å². The molecule has 5 nitrogen and oxygen atoms in total. The number of hydrogen-bond donors (Lipinski definition) is 2. The van der Waals surface area contributed by atoms with E-state index in [4.69, 9.17) is 17.3 Å². The Morgan fingerprint density at radius 1 is 0.913 bits per heavy atom. The largest absolute Gasteiger partial charge is 0.507 e. The van der Waals surface area contributed by atoms with Crippen LogP contribution in [0.1, 0.15) is 11.4 Å². The molecule has 1 aromatic heterocycles. The van der Waals surface area contributed by atoms with E-state index in [0.717, 1.165) is 5.56 Å². The highest BCUT2D eigenvalue weighted by Crippen LogP contribution is 2.26. The lowest BCUT2D eigenvalue weighted by Gasteiger charge is -2.04. The van der Waals surface area contributed by atoms with Gasteiger partial charge in [0.25, 0.3) is 0 Å². The summed E-state index contributed by atoms with van der Waals surface area (Å²) >= 11 is 6.11. The molecule has 0 spiro atoms. The number of phenols is 1. The lowest BCUT2D eigenvalue weighted by Crippen LogP contribution is -2.02. The predicted octanol–water partition coefficient (Wildman–Crippen LogP) is 3.65. The van der Waals surface area contributed by atoms with Gasteiger partial charge in [-0.05, 0) is 35.9 Å². The zero-order valence-corrected chi connectivity index (χ0v) is 12.8. The fourth-order valence-electron chi connectivity index (χ4n) is 2.04. The molecule has 0 radical (unpaired) electrons. The monoisotopic (exact) mass is 324 g/mol. The van der Waals surface area contributed by atoms with Crippen molar-refractivity contribution in [2.45, 2.75) is 0 Å². The molecule has 114 valence electrons. The number of nitrogens with two attached hydrogens (primary N) is 1. The normalized spacial score (nSPS) is 11.0. The van der Waals surface area contributed by atoms with Crippen LogP contribution >= 0.6 is 11.6 Å². The van der Waals surface area contributed by atoms with Crippen molar-refractivity contribution in [2.75, 3.05) is 5.73 Å². The number of rotatable bonds is 3. The number of anilines is 1. The first-order valence-electron chi connectivity index (χ1n) is 6.86. The van der Waals surface area contributed by atoms with E-state index in [-0.39, 0.29) is 11.7 Å². The quantitative estimate of drug-likeness (QED) is 0.768. The van der Waals surface area contributed by atoms with E-state index >= 15 is 0 Å². The van der Waals surface area contributed by atoms with Crippen LogP contribution < -0.4 is 5.73 Å². The zero-order chi connectivity index (χ0) is 16.2. The van der Waals surface area contributed by atoms with E-state index in [1.807, 2.05) is 18.2 Å². The molecule has 0 atom stereocenters. The second kappa shape index (κ2) is 6.46. The summed E-state index contributed by atoms with van der Waals surface area (Å²) in [6, 6.07) is 14.2. The van der Waals surface area contributed by atoms with Crippen molar-refractivity contribution in [1.29, 1.82) is 0 Å². The van der Waals surface area contributed by atoms with Crippen LogP contribution in [0.4, 0.5) is 5.95 Å². The highest BCUT2D eigenvalue weighted by molar-refractivity contribution is 6.32. The topological polar surface area (TPSA) is 84.9 Å². The molecule has 0 amide bonds. The van der Waals surface area contributed by atoms with Gasteiger partial charge in [0.2, 0.25) is 5.95 Å². The number of benzene rings is 2. The Hall–Kier alpha value is -2.92. The average Bonchev–Trinajstić information content (AvgIpc) is 2.54. The van der Waals surface area contributed by atoms with Crippen LogP contribution in [0.5, 0.6) is 5.75 Å². The number of aromatic nitrogens is 3. The number of halogens is 1. The van der Waals surface area contributed by atoms with Crippen LogP contribution in [0.25, 0.3) is 23.5 Å². The molecule has 6 heteroatoms. The molecule has 1 heterocycles. The van der Waals surface area contributed by atoms with Crippen molar-refractivity contribution in [2.24, 2.45) is 0 Å². The van der Waals surface area contributed by atoms with Gasteiger partial charge < -0.3 is 10.8 Å². The molecule has 0 saturated carbocycles. The summed E-state index contributed by atoms with van der Waals surface area (Å²) in [6.07, 6.45) is 3.49. The van der Waals surface area contributed by atoms with Gasteiger partial charge >= 0.3 is 0 Å². The second-order valence-electron chi connectivity index (χ2n) is 4.75. The maximum atomic E-state index is 9.91. The fraction of sp³-hybridized carbons (Fsp3) is 0. The minimum atomic E-state index is 0.0806. The van der Waals surface area contributed by atoms with Crippen LogP contribution in [0.3, 0.4) is 0 Å². The van der Waals surface area contributed by atoms with E-state index in [9.17, 15) is 5.11 Å². The molecule has 3 aromatic rings. The van der Waals surface area contributed by atoms with Gasteiger partial charge in [0.05, 0.1) is 5.56 Å². The first-order valence-corrected chi connectivity index (χ1v) is 7.24. The van der Waals surface area contributed by atoms with Crippen LogP contribution in [0.15, 0.2) is 48.5 Å². The average molecular weight is 325 g/mol. The lowest BCUT2D eigenvalue weighted by atomic mass is 10.2. The summed E-state index contributed by atoms with van der Waals surface area (Å²) in [5.41, 5.74) is 7.08. The smallest absolute Gasteiger partial charge is 0.224 e. The maximum absolute atomic E-state index is 9.91. The van der Waals surface area contributed by atoms with Crippen molar-refractivity contribution in [3.05, 3.63) is 64.9 Å².